The molecule has 29 heavy (non-hydrogen) atoms. The topological polar surface area (TPSA) is 43.0 Å². The second kappa shape index (κ2) is 7.34. The zero-order valence-corrected chi connectivity index (χ0v) is 15.0. The Labute approximate surface area is 163 Å². The lowest BCUT2D eigenvalue weighted by Crippen LogP contribution is -2.45. The van der Waals surface area contributed by atoms with Crippen LogP contribution in [0, 0.1) is 0 Å². The number of hydrogen-bond acceptors (Lipinski definition) is 5. The van der Waals surface area contributed by atoms with Crippen molar-refractivity contribution < 1.29 is 36.2 Å². The maximum Gasteiger partial charge on any atom is 0.586 e. The van der Waals surface area contributed by atoms with Gasteiger partial charge in [0.15, 0.2) is 11.5 Å². The van der Waals surface area contributed by atoms with E-state index in [2.05, 4.69) is 24.4 Å². The van der Waals surface area contributed by atoms with E-state index in [4.69, 9.17) is 0 Å². The van der Waals surface area contributed by atoms with Gasteiger partial charge in [-0.05, 0) is 35.4 Å². The number of nitrogens with one attached hydrogen (secondary N) is 1. The predicted molar refractivity (Wildman–Crippen MR) is 92.1 cm³/mol. The number of halogens is 5. The molecule has 0 spiro atoms. The molecular formula is C19H17F5N2O3. The fourth-order valence-electron chi connectivity index (χ4n) is 3.54. The summed E-state index contributed by atoms with van der Waals surface area (Å²) in [5.74, 6) is -0.470. The number of hydrogen-bond donors (Lipinski definition) is 1. The average molecular weight is 416 g/mol. The van der Waals surface area contributed by atoms with Gasteiger partial charge < -0.3 is 19.5 Å². The van der Waals surface area contributed by atoms with E-state index in [0.29, 0.717) is 24.2 Å². The second-order valence-corrected chi connectivity index (χ2v) is 6.68. The lowest BCUT2D eigenvalue weighted by atomic mass is 9.96. The van der Waals surface area contributed by atoms with Crippen molar-refractivity contribution in [2.45, 2.75) is 18.7 Å². The SMILES string of the molecule is FC(F)(F)Oc1ccc([C@@H](c2ccc3c(c2)OC(F)(F)O3)N2CCNCC2)cc1. The molecule has 0 unspecified atom stereocenters. The summed E-state index contributed by atoms with van der Waals surface area (Å²) in [5.41, 5.74) is 1.36. The summed E-state index contributed by atoms with van der Waals surface area (Å²) < 4.78 is 76.9. The van der Waals surface area contributed by atoms with Gasteiger partial charge in [0.25, 0.3) is 0 Å². The van der Waals surface area contributed by atoms with Crippen molar-refractivity contribution in [1.82, 2.24) is 10.2 Å². The Bertz CT molecular complexity index is 867. The fraction of sp³-hybridized carbons (Fsp3) is 0.368. The summed E-state index contributed by atoms with van der Waals surface area (Å²) in [7, 11) is 0. The molecule has 4 rings (SSSR count). The highest BCUT2D eigenvalue weighted by atomic mass is 19.4. The summed E-state index contributed by atoms with van der Waals surface area (Å²) in [6, 6.07) is 9.71. The standard InChI is InChI=1S/C19H17F5N2O3/c20-18(21,22)27-14-4-1-12(2-5-14)17(26-9-7-25-8-10-26)13-3-6-15-16(11-13)29-19(23,24)28-15/h1-6,11,17,25H,7-10H2/t17-/m0/s1. The van der Waals surface area contributed by atoms with Crippen molar-refractivity contribution >= 4 is 0 Å². The van der Waals surface area contributed by atoms with E-state index in [1.807, 2.05) is 0 Å². The van der Waals surface area contributed by atoms with E-state index in [1.54, 1.807) is 6.07 Å². The van der Waals surface area contributed by atoms with Gasteiger partial charge in [-0.15, -0.1) is 22.0 Å². The van der Waals surface area contributed by atoms with Gasteiger partial charge in [0.2, 0.25) is 0 Å². The van der Waals surface area contributed by atoms with E-state index < -0.39 is 12.7 Å². The van der Waals surface area contributed by atoms with Crippen LogP contribution in [-0.2, 0) is 0 Å². The van der Waals surface area contributed by atoms with Gasteiger partial charge >= 0.3 is 12.7 Å². The molecule has 0 aliphatic carbocycles. The maximum atomic E-state index is 13.4. The zero-order chi connectivity index (χ0) is 20.6. The van der Waals surface area contributed by atoms with Crippen LogP contribution in [0.25, 0.3) is 0 Å². The third kappa shape index (κ3) is 4.54. The lowest BCUT2D eigenvalue weighted by molar-refractivity contribution is -0.286. The molecule has 1 fully saturated rings. The summed E-state index contributed by atoms with van der Waals surface area (Å²) in [6.07, 6.45) is -8.50. The van der Waals surface area contributed by atoms with Crippen LogP contribution >= 0.6 is 0 Å². The maximum absolute atomic E-state index is 13.4. The molecule has 156 valence electrons. The van der Waals surface area contributed by atoms with Gasteiger partial charge in [-0.1, -0.05) is 18.2 Å². The third-order valence-corrected chi connectivity index (χ3v) is 4.69. The fourth-order valence-corrected chi connectivity index (χ4v) is 3.54. The van der Waals surface area contributed by atoms with Crippen molar-refractivity contribution in [3.8, 4) is 17.2 Å². The largest absolute Gasteiger partial charge is 0.586 e. The minimum atomic E-state index is -4.78. The number of alkyl halides is 5. The van der Waals surface area contributed by atoms with Crippen molar-refractivity contribution in [2.24, 2.45) is 0 Å². The van der Waals surface area contributed by atoms with Crippen LogP contribution in [0.1, 0.15) is 17.2 Å². The minimum absolute atomic E-state index is 0.0632. The average Bonchev–Trinajstić information content (AvgIpc) is 2.96. The molecule has 1 atom stereocenters. The van der Waals surface area contributed by atoms with Gasteiger partial charge in [0.05, 0.1) is 6.04 Å². The highest BCUT2D eigenvalue weighted by Crippen LogP contribution is 2.43. The van der Waals surface area contributed by atoms with Crippen LogP contribution in [-0.4, -0.2) is 43.7 Å². The molecule has 2 heterocycles. The molecule has 0 amide bonds. The first-order valence-corrected chi connectivity index (χ1v) is 8.90. The highest BCUT2D eigenvalue weighted by Gasteiger charge is 2.43. The van der Waals surface area contributed by atoms with Gasteiger partial charge in [-0.3, -0.25) is 4.90 Å². The van der Waals surface area contributed by atoms with Crippen molar-refractivity contribution in [2.75, 3.05) is 26.2 Å². The van der Waals surface area contributed by atoms with E-state index in [1.165, 1.54) is 36.4 Å². The molecule has 0 aromatic heterocycles. The normalized spacial score (nSPS) is 19.8. The molecule has 0 saturated carbocycles. The van der Waals surface area contributed by atoms with Crippen LogP contribution in [0.15, 0.2) is 42.5 Å². The van der Waals surface area contributed by atoms with E-state index >= 15 is 0 Å². The smallest absolute Gasteiger partial charge is 0.406 e. The Balaban J connectivity index is 1.66. The van der Waals surface area contributed by atoms with E-state index in [9.17, 15) is 22.0 Å². The Morgan fingerprint density at radius 2 is 1.55 bits per heavy atom. The second-order valence-electron chi connectivity index (χ2n) is 6.68. The summed E-state index contributed by atoms with van der Waals surface area (Å²) in [6.45, 7) is 2.81. The summed E-state index contributed by atoms with van der Waals surface area (Å²) in [5, 5.41) is 3.23. The molecule has 2 aliphatic heterocycles. The van der Waals surface area contributed by atoms with Crippen LogP contribution in [0.5, 0.6) is 17.2 Å². The molecule has 5 nitrogen and oxygen atoms in total. The van der Waals surface area contributed by atoms with Crippen LogP contribution in [0.2, 0.25) is 0 Å². The monoisotopic (exact) mass is 416 g/mol. The molecule has 0 bridgehead atoms. The van der Waals surface area contributed by atoms with Gasteiger partial charge in [-0.25, -0.2) is 0 Å². The quantitative estimate of drug-likeness (QED) is 0.766. The molecule has 10 heteroatoms. The number of fused-ring (bicyclic) bond motifs is 1. The molecule has 2 aliphatic rings. The highest BCUT2D eigenvalue weighted by molar-refractivity contribution is 5.48. The lowest BCUT2D eigenvalue weighted by Gasteiger charge is -2.35. The Hall–Kier alpha value is -2.59. The number of benzene rings is 2. The zero-order valence-electron chi connectivity index (χ0n) is 15.0. The first-order valence-electron chi connectivity index (χ1n) is 8.90. The van der Waals surface area contributed by atoms with Crippen LogP contribution in [0.4, 0.5) is 22.0 Å². The van der Waals surface area contributed by atoms with E-state index in [-0.39, 0.29) is 23.3 Å². The van der Waals surface area contributed by atoms with Crippen LogP contribution < -0.4 is 19.5 Å². The van der Waals surface area contributed by atoms with Crippen molar-refractivity contribution in [1.29, 1.82) is 0 Å². The number of piperazine rings is 1. The number of nitrogens with zero attached hydrogens (tertiary/aromatic N) is 1. The first-order chi connectivity index (χ1) is 13.7. The van der Waals surface area contributed by atoms with Crippen LogP contribution in [0.3, 0.4) is 0 Å². The summed E-state index contributed by atoms with van der Waals surface area (Å²) in [4.78, 5) is 2.12. The number of rotatable bonds is 4. The molecular weight excluding hydrogens is 399 g/mol. The minimum Gasteiger partial charge on any atom is -0.406 e. The molecule has 1 saturated heterocycles. The molecule has 2 aromatic carbocycles. The van der Waals surface area contributed by atoms with Crippen molar-refractivity contribution in [3.63, 3.8) is 0 Å². The third-order valence-electron chi connectivity index (χ3n) is 4.69. The number of ether oxygens (including phenoxy) is 3. The van der Waals surface area contributed by atoms with Crippen molar-refractivity contribution in [3.05, 3.63) is 53.6 Å². The molecule has 1 N–H and O–H groups in total. The summed E-state index contributed by atoms with van der Waals surface area (Å²) >= 11 is 0. The Morgan fingerprint density at radius 1 is 0.931 bits per heavy atom. The first kappa shape index (κ1) is 19.7. The van der Waals surface area contributed by atoms with Gasteiger partial charge in [-0.2, -0.15) is 0 Å². The van der Waals surface area contributed by atoms with Gasteiger partial charge in [0.1, 0.15) is 5.75 Å². The Morgan fingerprint density at radius 3 is 2.21 bits per heavy atom. The molecule has 2 aromatic rings. The van der Waals surface area contributed by atoms with E-state index in [0.717, 1.165) is 13.1 Å². The molecule has 0 radical (unpaired) electrons. The Kier molecular flexibility index (Phi) is 4.99. The predicted octanol–water partition coefficient (Wildman–Crippen LogP) is 3.90. The van der Waals surface area contributed by atoms with Gasteiger partial charge in [0, 0.05) is 26.2 Å².